The van der Waals surface area contributed by atoms with E-state index in [2.05, 4.69) is 15.9 Å². The van der Waals surface area contributed by atoms with Crippen molar-refractivity contribution < 1.29 is 9.18 Å². The molecule has 1 atom stereocenters. The first-order valence-corrected chi connectivity index (χ1v) is 3.76. The van der Waals surface area contributed by atoms with Crippen molar-refractivity contribution in [1.82, 2.24) is 0 Å². The highest BCUT2D eigenvalue weighted by Gasteiger charge is 2.13. The third kappa shape index (κ3) is 4.58. The average Bonchev–Trinajstić information content (AvgIpc) is 1.63. The first-order valence-electron chi connectivity index (χ1n) is 2.85. The summed E-state index contributed by atoms with van der Waals surface area (Å²) >= 11 is 2.55. The molecule has 0 fully saturated rings. The van der Waals surface area contributed by atoms with Crippen LogP contribution in [-0.2, 0) is 4.79 Å². The van der Waals surface area contributed by atoms with Crippen LogP contribution in [0.3, 0.4) is 0 Å². The van der Waals surface area contributed by atoms with Crippen molar-refractivity contribution in [3.8, 4) is 0 Å². The molecule has 3 heteroatoms. The van der Waals surface area contributed by atoms with Crippen LogP contribution >= 0.6 is 15.9 Å². The third-order valence-corrected chi connectivity index (χ3v) is 1.36. The monoisotopic (exact) mass is 196 g/mol. The van der Waals surface area contributed by atoms with Crippen molar-refractivity contribution in [1.29, 1.82) is 0 Å². The second-order valence-electron chi connectivity index (χ2n) is 2.36. The molecule has 0 amide bonds. The molecule has 1 nitrogen and oxygen atoms in total. The molecule has 0 spiro atoms. The molecule has 0 N–H and O–H groups in total. The fraction of sp³-hybridized carbons (Fsp3) is 0.833. The average molecular weight is 197 g/mol. The molecule has 0 saturated heterocycles. The van der Waals surface area contributed by atoms with E-state index < -0.39 is 5.08 Å². The predicted octanol–water partition coefficient (Wildman–Crippen LogP) is 2.29. The lowest BCUT2D eigenvalue weighted by atomic mass is 10.1. The van der Waals surface area contributed by atoms with Gasteiger partial charge in [-0.05, 0) is 21.8 Å². The zero-order chi connectivity index (χ0) is 7.44. The molecule has 0 aliphatic rings. The Kier molecular flexibility index (Phi) is 4.02. The summed E-state index contributed by atoms with van der Waals surface area (Å²) in [5.41, 5.74) is 0. The van der Waals surface area contributed by atoms with Crippen LogP contribution in [-0.4, -0.2) is 10.9 Å². The van der Waals surface area contributed by atoms with Gasteiger partial charge < -0.3 is 0 Å². The Balaban J connectivity index is 3.51. The molecule has 0 bridgehead atoms. The lowest BCUT2D eigenvalue weighted by molar-refractivity contribution is -0.121. The number of carbonyl (C=O) groups is 1. The van der Waals surface area contributed by atoms with Crippen LogP contribution in [0.25, 0.3) is 0 Å². The van der Waals surface area contributed by atoms with Crippen molar-refractivity contribution in [2.75, 3.05) is 0 Å². The van der Waals surface area contributed by atoms with E-state index in [0.717, 1.165) is 0 Å². The van der Waals surface area contributed by atoms with Crippen molar-refractivity contribution in [3.63, 3.8) is 0 Å². The Labute approximate surface area is 62.8 Å². The molecular weight excluding hydrogens is 187 g/mol. The number of halogens is 2. The molecule has 54 valence electrons. The van der Waals surface area contributed by atoms with Gasteiger partial charge in [-0.2, -0.15) is 0 Å². The van der Waals surface area contributed by atoms with Gasteiger partial charge in [-0.1, -0.05) is 13.8 Å². The Bertz CT molecular complexity index is 101. The van der Waals surface area contributed by atoms with E-state index in [9.17, 15) is 9.18 Å². The summed E-state index contributed by atoms with van der Waals surface area (Å²) in [6.07, 6.45) is 0.312. The summed E-state index contributed by atoms with van der Waals surface area (Å²) in [6, 6.07) is 0. The molecule has 0 radical (unpaired) electrons. The number of ketones is 1. The topological polar surface area (TPSA) is 17.1 Å². The molecule has 0 aliphatic carbocycles. The van der Waals surface area contributed by atoms with Crippen LogP contribution in [0.2, 0.25) is 0 Å². The molecule has 9 heavy (non-hydrogen) atoms. The maximum Gasteiger partial charge on any atom is 0.212 e. The van der Waals surface area contributed by atoms with E-state index in [1.807, 2.05) is 13.8 Å². The predicted molar refractivity (Wildman–Crippen MR) is 38.3 cm³/mol. The van der Waals surface area contributed by atoms with Gasteiger partial charge in [0.25, 0.3) is 0 Å². The molecule has 0 rings (SSSR count). The molecule has 0 saturated carbocycles. The van der Waals surface area contributed by atoms with Gasteiger partial charge in [0, 0.05) is 6.42 Å². The zero-order valence-electron chi connectivity index (χ0n) is 5.53. The van der Waals surface area contributed by atoms with Crippen LogP contribution in [0.4, 0.5) is 4.39 Å². The number of hydrogen-bond acceptors (Lipinski definition) is 1. The summed E-state index contributed by atoms with van der Waals surface area (Å²) in [5.74, 6) is -0.127. The third-order valence-electron chi connectivity index (χ3n) is 0.853. The van der Waals surface area contributed by atoms with E-state index in [4.69, 9.17) is 0 Å². The number of alkyl halides is 2. The molecule has 0 aromatic carbocycles. The van der Waals surface area contributed by atoms with E-state index in [1.54, 1.807) is 0 Å². The van der Waals surface area contributed by atoms with Gasteiger partial charge in [-0.3, -0.25) is 4.79 Å². The number of rotatable bonds is 3. The summed E-state index contributed by atoms with van der Waals surface area (Å²) < 4.78 is 12.0. The summed E-state index contributed by atoms with van der Waals surface area (Å²) in [4.78, 5) is 10.5. The molecular formula is C6H10BrFO. The summed E-state index contributed by atoms with van der Waals surface area (Å²) in [5, 5.41) is -1.47. The Hall–Kier alpha value is 0.0800. The highest BCUT2D eigenvalue weighted by Crippen LogP contribution is 2.09. The van der Waals surface area contributed by atoms with E-state index in [1.165, 1.54) is 0 Å². The molecule has 0 heterocycles. The standard InChI is InChI=1S/C6H10BrFO/c1-4(2)3-5(9)6(7)8/h4,6H,3H2,1-2H3. The van der Waals surface area contributed by atoms with Crippen LogP contribution in [0.15, 0.2) is 0 Å². The number of hydrogen-bond donors (Lipinski definition) is 0. The van der Waals surface area contributed by atoms with Crippen LogP contribution < -0.4 is 0 Å². The van der Waals surface area contributed by atoms with Crippen LogP contribution in [0, 0.1) is 5.92 Å². The molecule has 1 unspecified atom stereocenters. The van der Waals surface area contributed by atoms with E-state index in [0.29, 0.717) is 6.42 Å². The SMILES string of the molecule is CC(C)CC(=O)C(F)Br. The van der Waals surface area contributed by atoms with Crippen molar-refractivity contribution >= 4 is 21.7 Å². The van der Waals surface area contributed by atoms with Gasteiger partial charge in [-0.25, -0.2) is 4.39 Å². The van der Waals surface area contributed by atoms with Gasteiger partial charge in [-0.15, -0.1) is 0 Å². The quantitative estimate of drug-likeness (QED) is 0.634. The molecule has 0 aliphatic heterocycles. The van der Waals surface area contributed by atoms with Gasteiger partial charge in [0.15, 0.2) is 5.78 Å². The first-order chi connectivity index (χ1) is 4.04. The molecule has 0 aromatic rings. The maximum absolute atomic E-state index is 12.0. The highest BCUT2D eigenvalue weighted by molar-refractivity contribution is 9.09. The minimum atomic E-state index is -1.47. The van der Waals surface area contributed by atoms with Crippen LogP contribution in [0.1, 0.15) is 20.3 Å². The van der Waals surface area contributed by atoms with Gasteiger partial charge in [0.2, 0.25) is 5.08 Å². The van der Waals surface area contributed by atoms with E-state index in [-0.39, 0.29) is 11.7 Å². The lowest BCUT2D eigenvalue weighted by Crippen LogP contribution is -2.10. The Morgan fingerprint density at radius 1 is 1.67 bits per heavy atom. The fourth-order valence-electron chi connectivity index (χ4n) is 0.491. The minimum absolute atomic E-state index is 0.244. The van der Waals surface area contributed by atoms with Gasteiger partial charge in [0.05, 0.1) is 0 Å². The van der Waals surface area contributed by atoms with Gasteiger partial charge in [0.1, 0.15) is 0 Å². The lowest BCUT2D eigenvalue weighted by Gasteiger charge is -2.01. The summed E-state index contributed by atoms with van der Waals surface area (Å²) in [7, 11) is 0. The van der Waals surface area contributed by atoms with Crippen molar-refractivity contribution in [3.05, 3.63) is 0 Å². The largest absolute Gasteiger partial charge is 0.295 e. The van der Waals surface area contributed by atoms with Crippen molar-refractivity contribution in [2.45, 2.75) is 25.3 Å². The highest BCUT2D eigenvalue weighted by atomic mass is 79.9. The Morgan fingerprint density at radius 2 is 2.11 bits per heavy atom. The normalized spacial score (nSPS) is 13.9. The second-order valence-corrected chi connectivity index (χ2v) is 3.17. The molecule has 0 aromatic heterocycles. The number of carbonyl (C=O) groups excluding carboxylic acids is 1. The second kappa shape index (κ2) is 3.99. The van der Waals surface area contributed by atoms with Gasteiger partial charge >= 0.3 is 0 Å². The zero-order valence-corrected chi connectivity index (χ0v) is 7.11. The summed E-state index contributed by atoms with van der Waals surface area (Å²) in [6.45, 7) is 3.76. The Morgan fingerprint density at radius 3 is 2.22 bits per heavy atom. The number of Topliss-reactive ketones (excluding diaryl/α,β-unsaturated/α-hetero) is 1. The fourth-order valence-corrected chi connectivity index (χ4v) is 0.678. The minimum Gasteiger partial charge on any atom is -0.295 e. The maximum atomic E-state index is 12.0. The first kappa shape index (κ1) is 9.08. The smallest absolute Gasteiger partial charge is 0.212 e. The van der Waals surface area contributed by atoms with E-state index >= 15 is 0 Å². The van der Waals surface area contributed by atoms with Crippen LogP contribution in [0.5, 0.6) is 0 Å². The van der Waals surface area contributed by atoms with Crippen molar-refractivity contribution in [2.24, 2.45) is 5.92 Å².